The normalized spacial score (nSPS) is 11.2. The monoisotopic (exact) mass is 306 g/mol. The van der Waals surface area contributed by atoms with Crippen molar-refractivity contribution in [2.75, 3.05) is 4.90 Å². The highest BCUT2D eigenvalue weighted by Crippen LogP contribution is 2.28. The van der Waals surface area contributed by atoms with Crippen LogP contribution in [0.5, 0.6) is 0 Å². The van der Waals surface area contributed by atoms with Crippen molar-refractivity contribution in [3.05, 3.63) is 45.9 Å². The largest absolute Gasteiger partial charge is 0.412 e. The van der Waals surface area contributed by atoms with Crippen LogP contribution in [0, 0.1) is 0 Å². The second kappa shape index (κ2) is 6.31. The molecular weight excluding hydrogens is 288 g/mol. The Morgan fingerprint density at radius 2 is 1.67 bits per heavy atom. The van der Waals surface area contributed by atoms with Crippen molar-refractivity contribution in [1.82, 2.24) is 4.98 Å². The van der Waals surface area contributed by atoms with Gasteiger partial charge in [0.15, 0.2) is 0 Å². The molecule has 0 fully saturated rings. The first-order chi connectivity index (χ1) is 9.91. The number of hydrogen-bond acceptors (Lipinski definition) is 4. The van der Waals surface area contributed by atoms with Crippen molar-refractivity contribution >= 4 is 17.6 Å². The molecule has 5 heteroatoms. The van der Waals surface area contributed by atoms with Crippen molar-refractivity contribution in [1.29, 1.82) is 0 Å². The Morgan fingerprint density at radius 3 is 2.14 bits per heavy atom. The lowest BCUT2D eigenvalue weighted by Crippen LogP contribution is -2.38. The molecule has 2 rings (SSSR count). The fraction of sp³-hybridized carbons (Fsp3) is 0.375. The minimum Gasteiger partial charge on any atom is -0.412 e. The van der Waals surface area contributed by atoms with E-state index in [1.165, 1.54) is 0 Å². The number of anilines is 1. The average molecular weight is 307 g/mol. The Morgan fingerprint density at radius 1 is 1.10 bits per heavy atom. The van der Waals surface area contributed by atoms with Gasteiger partial charge in [0.1, 0.15) is 5.56 Å². The first-order valence-corrected chi connectivity index (χ1v) is 7.34. The van der Waals surface area contributed by atoms with Crippen LogP contribution in [0.1, 0.15) is 27.7 Å². The van der Waals surface area contributed by atoms with E-state index in [2.05, 4.69) is 4.98 Å². The van der Waals surface area contributed by atoms with E-state index in [0.29, 0.717) is 11.1 Å². The third-order valence-electron chi connectivity index (χ3n) is 3.18. The van der Waals surface area contributed by atoms with Gasteiger partial charge in [0.05, 0.1) is 0 Å². The highest BCUT2D eigenvalue weighted by atomic mass is 35.5. The van der Waals surface area contributed by atoms with Gasteiger partial charge >= 0.3 is 6.01 Å². The smallest absolute Gasteiger partial charge is 0.302 e. The van der Waals surface area contributed by atoms with Gasteiger partial charge in [-0.1, -0.05) is 30.3 Å². The van der Waals surface area contributed by atoms with Crippen LogP contribution in [-0.4, -0.2) is 17.1 Å². The molecule has 2 aromatic rings. The van der Waals surface area contributed by atoms with Crippen LogP contribution in [0.2, 0.25) is 5.22 Å². The summed E-state index contributed by atoms with van der Waals surface area (Å²) in [6.45, 7) is 8.06. The Labute approximate surface area is 129 Å². The standard InChI is InChI=1S/C16H19ClN2O2/c1-10(2)19(11(3)4)16-18-15(20)13(14(17)21-16)12-8-6-5-7-9-12/h5-11H,1-4H3. The van der Waals surface area contributed by atoms with Gasteiger partial charge in [-0.25, -0.2) is 0 Å². The summed E-state index contributed by atoms with van der Waals surface area (Å²) in [6.07, 6.45) is 0. The first kappa shape index (κ1) is 15.6. The van der Waals surface area contributed by atoms with E-state index in [1.54, 1.807) is 0 Å². The zero-order chi connectivity index (χ0) is 15.6. The molecule has 0 atom stereocenters. The van der Waals surface area contributed by atoms with Crippen LogP contribution >= 0.6 is 11.6 Å². The maximum atomic E-state index is 12.3. The molecule has 0 aliphatic heterocycles. The molecule has 1 heterocycles. The van der Waals surface area contributed by atoms with Crippen LogP contribution in [0.4, 0.5) is 6.01 Å². The van der Waals surface area contributed by atoms with Crippen molar-refractivity contribution in [2.45, 2.75) is 39.8 Å². The number of aromatic nitrogens is 1. The van der Waals surface area contributed by atoms with E-state index in [4.69, 9.17) is 16.0 Å². The number of benzene rings is 1. The minimum atomic E-state index is -0.376. The van der Waals surface area contributed by atoms with E-state index in [9.17, 15) is 4.79 Å². The lowest BCUT2D eigenvalue weighted by atomic mass is 10.1. The molecule has 0 bridgehead atoms. The van der Waals surface area contributed by atoms with Gasteiger partial charge in [-0.05, 0) is 44.9 Å². The SMILES string of the molecule is CC(C)N(c1nc(=O)c(-c2ccccc2)c(Cl)o1)C(C)C. The quantitative estimate of drug-likeness (QED) is 0.857. The first-order valence-electron chi connectivity index (χ1n) is 6.96. The molecule has 1 aromatic carbocycles. The Hall–Kier alpha value is -1.81. The zero-order valence-corrected chi connectivity index (χ0v) is 13.4. The van der Waals surface area contributed by atoms with Crippen LogP contribution in [0.3, 0.4) is 0 Å². The van der Waals surface area contributed by atoms with Crippen LogP contribution in [-0.2, 0) is 0 Å². The molecular formula is C16H19ClN2O2. The lowest BCUT2D eigenvalue weighted by molar-refractivity contribution is 0.466. The van der Waals surface area contributed by atoms with Crippen molar-refractivity contribution in [3.8, 4) is 11.1 Å². The third-order valence-corrected chi connectivity index (χ3v) is 3.45. The third kappa shape index (κ3) is 3.27. The van der Waals surface area contributed by atoms with Gasteiger partial charge in [-0.15, -0.1) is 0 Å². The summed E-state index contributed by atoms with van der Waals surface area (Å²) in [6, 6.07) is 9.74. The molecule has 21 heavy (non-hydrogen) atoms. The molecule has 0 saturated heterocycles. The molecule has 0 spiro atoms. The van der Waals surface area contributed by atoms with Gasteiger partial charge < -0.3 is 9.32 Å². The van der Waals surface area contributed by atoms with Crippen molar-refractivity contribution < 1.29 is 4.42 Å². The summed E-state index contributed by atoms with van der Waals surface area (Å²) >= 11 is 6.19. The fourth-order valence-corrected chi connectivity index (χ4v) is 2.63. The highest BCUT2D eigenvalue weighted by molar-refractivity contribution is 6.31. The van der Waals surface area contributed by atoms with Crippen LogP contribution in [0.15, 0.2) is 39.5 Å². The van der Waals surface area contributed by atoms with Gasteiger partial charge in [0.2, 0.25) is 5.22 Å². The number of nitrogens with zero attached hydrogens (tertiary/aromatic N) is 2. The maximum Gasteiger partial charge on any atom is 0.302 e. The van der Waals surface area contributed by atoms with Gasteiger partial charge in [-0.2, -0.15) is 4.98 Å². The number of rotatable bonds is 4. The summed E-state index contributed by atoms with van der Waals surface area (Å²) in [5.41, 5.74) is 0.628. The van der Waals surface area contributed by atoms with Gasteiger partial charge in [-0.3, -0.25) is 4.79 Å². The predicted octanol–water partition coefficient (Wildman–Crippen LogP) is 3.98. The van der Waals surface area contributed by atoms with Crippen LogP contribution < -0.4 is 10.5 Å². The second-order valence-corrected chi connectivity index (χ2v) is 5.75. The lowest BCUT2D eigenvalue weighted by Gasteiger charge is -2.29. The molecule has 0 N–H and O–H groups in total. The molecule has 0 amide bonds. The summed E-state index contributed by atoms with van der Waals surface area (Å²) in [5.74, 6) is 0. The van der Waals surface area contributed by atoms with E-state index in [1.807, 2.05) is 62.9 Å². The summed E-state index contributed by atoms with van der Waals surface area (Å²) in [4.78, 5) is 18.3. The molecule has 0 unspecified atom stereocenters. The van der Waals surface area contributed by atoms with Crippen molar-refractivity contribution in [2.24, 2.45) is 0 Å². The molecule has 4 nitrogen and oxygen atoms in total. The van der Waals surface area contributed by atoms with Crippen molar-refractivity contribution in [3.63, 3.8) is 0 Å². The molecule has 0 aliphatic rings. The average Bonchev–Trinajstić information content (AvgIpc) is 2.38. The molecule has 0 radical (unpaired) electrons. The molecule has 1 aromatic heterocycles. The van der Waals surface area contributed by atoms with E-state index >= 15 is 0 Å². The predicted molar refractivity (Wildman–Crippen MR) is 86.0 cm³/mol. The minimum absolute atomic E-state index is 0.0718. The maximum absolute atomic E-state index is 12.3. The molecule has 112 valence electrons. The summed E-state index contributed by atoms with van der Waals surface area (Å²) in [5, 5.41) is 0.0718. The van der Waals surface area contributed by atoms with Gasteiger partial charge in [0, 0.05) is 12.1 Å². The van der Waals surface area contributed by atoms with E-state index < -0.39 is 0 Å². The van der Waals surface area contributed by atoms with Gasteiger partial charge in [0.25, 0.3) is 5.56 Å². The van der Waals surface area contributed by atoms with Crippen LogP contribution in [0.25, 0.3) is 11.1 Å². The second-order valence-electron chi connectivity index (χ2n) is 5.41. The molecule has 0 aliphatic carbocycles. The topological polar surface area (TPSA) is 46.3 Å². The van der Waals surface area contributed by atoms with E-state index in [0.717, 1.165) is 0 Å². The Kier molecular flexibility index (Phi) is 4.68. The Bertz CT molecular complexity index is 658. The summed E-state index contributed by atoms with van der Waals surface area (Å²) in [7, 11) is 0. The summed E-state index contributed by atoms with van der Waals surface area (Å²) < 4.78 is 5.61. The highest BCUT2D eigenvalue weighted by Gasteiger charge is 2.22. The number of halogens is 1. The zero-order valence-electron chi connectivity index (χ0n) is 12.6. The number of hydrogen-bond donors (Lipinski definition) is 0. The van der Waals surface area contributed by atoms with E-state index in [-0.39, 0.29) is 28.9 Å². The molecule has 0 saturated carbocycles. The fourth-order valence-electron chi connectivity index (χ4n) is 2.37. The Balaban J connectivity index is 2.54.